The molecule has 2 aromatic rings. The van der Waals surface area contributed by atoms with Gasteiger partial charge in [0, 0.05) is 26.2 Å². The van der Waals surface area contributed by atoms with Gasteiger partial charge in [-0.15, -0.1) is 0 Å². The van der Waals surface area contributed by atoms with Crippen LogP contribution in [0.1, 0.15) is 11.1 Å². The minimum absolute atomic E-state index is 0.108. The summed E-state index contributed by atoms with van der Waals surface area (Å²) < 4.78 is 17.1. The van der Waals surface area contributed by atoms with Crippen LogP contribution in [0.25, 0.3) is 0 Å². The highest BCUT2D eigenvalue weighted by molar-refractivity contribution is 9.10. The Labute approximate surface area is 173 Å². The second kappa shape index (κ2) is 9.91. The molecule has 1 saturated heterocycles. The molecule has 7 heteroatoms. The van der Waals surface area contributed by atoms with Gasteiger partial charge < -0.3 is 19.5 Å². The van der Waals surface area contributed by atoms with Crippen molar-refractivity contribution in [3.05, 3.63) is 58.1 Å². The first-order chi connectivity index (χ1) is 13.6. The van der Waals surface area contributed by atoms with Gasteiger partial charge in [-0.05, 0) is 39.2 Å². The standard InChI is InChI=1S/C21H25BrN2O4/c1-26-18-11-16(10-17(22)20(18)27-2)12-23-21(25)19-14-24(8-9-28-19)13-15-6-4-3-5-7-15/h3-7,10-11,19H,8-9,12-14H2,1-2H3,(H,23,25). The molecule has 0 radical (unpaired) electrons. The third-order valence-corrected chi connectivity index (χ3v) is 5.24. The molecule has 0 saturated carbocycles. The number of halogens is 1. The molecule has 1 aliphatic rings. The largest absolute Gasteiger partial charge is 0.493 e. The minimum atomic E-state index is -0.471. The van der Waals surface area contributed by atoms with E-state index in [2.05, 4.69) is 38.3 Å². The van der Waals surface area contributed by atoms with Crippen LogP contribution >= 0.6 is 15.9 Å². The highest BCUT2D eigenvalue weighted by Crippen LogP contribution is 2.36. The SMILES string of the molecule is COc1cc(CNC(=O)C2CN(Cc3ccccc3)CCO2)cc(Br)c1OC. The molecule has 2 aromatic carbocycles. The first-order valence-corrected chi connectivity index (χ1v) is 9.96. The number of morpholine rings is 1. The van der Waals surface area contributed by atoms with E-state index in [-0.39, 0.29) is 5.91 Å². The minimum Gasteiger partial charge on any atom is -0.493 e. The first kappa shape index (κ1) is 20.6. The molecule has 0 bridgehead atoms. The van der Waals surface area contributed by atoms with E-state index in [9.17, 15) is 4.79 Å². The molecule has 0 spiro atoms. The summed E-state index contributed by atoms with van der Waals surface area (Å²) in [6, 6.07) is 14.0. The van der Waals surface area contributed by atoms with Crippen LogP contribution in [-0.2, 0) is 22.6 Å². The number of nitrogens with zero attached hydrogens (tertiary/aromatic N) is 1. The summed E-state index contributed by atoms with van der Waals surface area (Å²) in [7, 11) is 3.18. The van der Waals surface area contributed by atoms with Gasteiger partial charge in [-0.25, -0.2) is 0 Å². The summed E-state index contributed by atoms with van der Waals surface area (Å²) in [4.78, 5) is 14.8. The van der Waals surface area contributed by atoms with Crippen LogP contribution < -0.4 is 14.8 Å². The van der Waals surface area contributed by atoms with Gasteiger partial charge in [0.1, 0.15) is 6.10 Å². The number of methoxy groups -OCH3 is 2. The quantitative estimate of drug-likeness (QED) is 0.705. The second-order valence-electron chi connectivity index (χ2n) is 6.61. The van der Waals surface area contributed by atoms with Crippen LogP contribution in [0, 0.1) is 0 Å². The zero-order valence-corrected chi connectivity index (χ0v) is 17.7. The average molecular weight is 449 g/mol. The van der Waals surface area contributed by atoms with E-state index in [0.717, 1.165) is 23.1 Å². The lowest BCUT2D eigenvalue weighted by Gasteiger charge is -2.32. The van der Waals surface area contributed by atoms with E-state index in [1.54, 1.807) is 14.2 Å². The van der Waals surface area contributed by atoms with Crippen molar-refractivity contribution < 1.29 is 19.0 Å². The molecular weight excluding hydrogens is 424 g/mol. The van der Waals surface area contributed by atoms with Gasteiger partial charge in [-0.2, -0.15) is 0 Å². The fourth-order valence-corrected chi connectivity index (χ4v) is 3.87. The Morgan fingerprint density at radius 3 is 2.71 bits per heavy atom. The molecular formula is C21H25BrN2O4. The van der Waals surface area contributed by atoms with E-state index in [1.807, 2.05) is 30.3 Å². The monoisotopic (exact) mass is 448 g/mol. The Morgan fingerprint density at radius 2 is 2.00 bits per heavy atom. The molecule has 1 fully saturated rings. The van der Waals surface area contributed by atoms with Crippen LogP contribution in [0.4, 0.5) is 0 Å². The third-order valence-electron chi connectivity index (χ3n) is 4.65. The zero-order valence-electron chi connectivity index (χ0n) is 16.1. The number of hydrogen-bond donors (Lipinski definition) is 1. The highest BCUT2D eigenvalue weighted by Gasteiger charge is 2.26. The molecule has 150 valence electrons. The number of carbonyl (C=O) groups excluding carboxylic acids is 1. The molecule has 3 rings (SSSR count). The Balaban J connectivity index is 1.56. The van der Waals surface area contributed by atoms with Crippen LogP contribution in [0.15, 0.2) is 46.9 Å². The van der Waals surface area contributed by atoms with Crippen LogP contribution in [0.3, 0.4) is 0 Å². The van der Waals surface area contributed by atoms with Crippen molar-refractivity contribution in [2.75, 3.05) is 33.9 Å². The Morgan fingerprint density at radius 1 is 1.21 bits per heavy atom. The zero-order chi connectivity index (χ0) is 19.9. The Kier molecular flexibility index (Phi) is 7.30. The summed E-state index contributed by atoms with van der Waals surface area (Å²) in [5.74, 6) is 1.14. The summed E-state index contributed by atoms with van der Waals surface area (Å²) in [6.45, 7) is 3.15. The highest BCUT2D eigenvalue weighted by atomic mass is 79.9. The van der Waals surface area contributed by atoms with E-state index in [4.69, 9.17) is 14.2 Å². The maximum Gasteiger partial charge on any atom is 0.250 e. The van der Waals surface area contributed by atoms with Crippen molar-refractivity contribution >= 4 is 21.8 Å². The molecule has 1 amide bonds. The lowest BCUT2D eigenvalue weighted by Crippen LogP contribution is -2.49. The molecule has 6 nitrogen and oxygen atoms in total. The van der Waals surface area contributed by atoms with Crippen molar-refractivity contribution in [1.29, 1.82) is 0 Å². The van der Waals surface area contributed by atoms with E-state index < -0.39 is 6.10 Å². The van der Waals surface area contributed by atoms with Crippen LogP contribution in [0.5, 0.6) is 11.5 Å². The van der Waals surface area contributed by atoms with Crippen molar-refractivity contribution in [3.63, 3.8) is 0 Å². The van der Waals surface area contributed by atoms with Crippen LogP contribution in [0.2, 0.25) is 0 Å². The van der Waals surface area contributed by atoms with Crippen molar-refractivity contribution in [1.82, 2.24) is 10.2 Å². The average Bonchev–Trinajstić information content (AvgIpc) is 2.72. The Hall–Kier alpha value is -2.09. The number of hydrogen-bond acceptors (Lipinski definition) is 5. The Bertz CT molecular complexity index is 800. The van der Waals surface area contributed by atoms with Gasteiger partial charge in [0.2, 0.25) is 0 Å². The summed E-state index contributed by atoms with van der Waals surface area (Å²) in [5.41, 5.74) is 2.15. The van der Waals surface area contributed by atoms with Crippen molar-refractivity contribution in [2.24, 2.45) is 0 Å². The molecule has 0 aliphatic carbocycles. The maximum absolute atomic E-state index is 12.6. The number of carbonyl (C=O) groups is 1. The maximum atomic E-state index is 12.6. The van der Waals surface area contributed by atoms with Crippen molar-refractivity contribution in [2.45, 2.75) is 19.2 Å². The number of benzene rings is 2. The smallest absolute Gasteiger partial charge is 0.250 e. The first-order valence-electron chi connectivity index (χ1n) is 9.16. The van der Waals surface area contributed by atoms with E-state index in [1.165, 1.54) is 5.56 Å². The van der Waals surface area contributed by atoms with Crippen molar-refractivity contribution in [3.8, 4) is 11.5 Å². The summed E-state index contributed by atoms with van der Waals surface area (Å²) in [5, 5.41) is 2.96. The predicted octanol–water partition coefficient (Wildman–Crippen LogP) is 2.98. The normalized spacial score (nSPS) is 17.2. The van der Waals surface area contributed by atoms with E-state index in [0.29, 0.717) is 31.2 Å². The summed E-state index contributed by atoms with van der Waals surface area (Å²) >= 11 is 3.47. The lowest BCUT2D eigenvalue weighted by atomic mass is 10.1. The molecule has 1 atom stereocenters. The molecule has 1 unspecified atom stereocenters. The van der Waals surface area contributed by atoms with E-state index >= 15 is 0 Å². The van der Waals surface area contributed by atoms with Gasteiger partial charge in [-0.3, -0.25) is 9.69 Å². The fraction of sp³-hybridized carbons (Fsp3) is 0.381. The van der Waals surface area contributed by atoms with Gasteiger partial charge in [-0.1, -0.05) is 30.3 Å². The van der Waals surface area contributed by atoms with Gasteiger partial charge >= 0.3 is 0 Å². The van der Waals surface area contributed by atoms with Gasteiger partial charge in [0.15, 0.2) is 11.5 Å². The molecule has 1 N–H and O–H groups in total. The van der Waals surface area contributed by atoms with Crippen LogP contribution in [-0.4, -0.2) is 50.8 Å². The van der Waals surface area contributed by atoms with Gasteiger partial charge in [0.05, 0.1) is 25.3 Å². The lowest BCUT2D eigenvalue weighted by molar-refractivity contribution is -0.139. The second-order valence-corrected chi connectivity index (χ2v) is 7.47. The summed E-state index contributed by atoms with van der Waals surface area (Å²) in [6.07, 6.45) is -0.471. The fourth-order valence-electron chi connectivity index (χ4n) is 3.22. The number of ether oxygens (including phenoxy) is 3. The molecule has 28 heavy (non-hydrogen) atoms. The number of rotatable bonds is 7. The number of amides is 1. The molecule has 0 aromatic heterocycles. The molecule has 1 aliphatic heterocycles. The third kappa shape index (κ3) is 5.25. The number of nitrogens with one attached hydrogen (secondary N) is 1. The topological polar surface area (TPSA) is 60.0 Å². The van der Waals surface area contributed by atoms with Gasteiger partial charge in [0.25, 0.3) is 5.91 Å². The predicted molar refractivity (Wildman–Crippen MR) is 111 cm³/mol. The molecule has 1 heterocycles.